The van der Waals surface area contributed by atoms with E-state index in [9.17, 15) is 22.4 Å². The summed E-state index contributed by atoms with van der Waals surface area (Å²) in [5.41, 5.74) is 0.598. The molecule has 0 unspecified atom stereocenters. The van der Waals surface area contributed by atoms with Gasteiger partial charge in [-0.25, -0.2) is 0 Å². The van der Waals surface area contributed by atoms with Gasteiger partial charge in [-0.15, -0.1) is 16.8 Å². The Balaban J connectivity index is 1.81. The lowest BCUT2D eigenvalue weighted by atomic mass is 10.1. The van der Waals surface area contributed by atoms with Crippen LogP contribution in [0.3, 0.4) is 0 Å². The molecule has 0 spiro atoms. The number of benzene rings is 2. The number of hydrogen-bond donors (Lipinski definition) is 0. The van der Waals surface area contributed by atoms with E-state index in [1.807, 2.05) is 24.3 Å². The Morgan fingerprint density at radius 3 is 2.42 bits per heavy atom. The van der Waals surface area contributed by atoms with E-state index in [2.05, 4.69) is 42.2 Å². The predicted octanol–water partition coefficient (Wildman–Crippen LogP) is 6.07. The average molecular weight is 546 g/mol. The first kappa shape index (κ1) is 24.8. The number of ketones is 1. The second-order valence-corrected chi connectivity index (χ2v) is 8.20. The summed E-state index contributed by atoms with van der Waals surface area (Å²) >= 11 is 4.41. The number of hydrogen-bond acceptors (Lipinski definition) is 6. The van der Waals surface area contributed by atoms with Crippen LogP contribution in [-0.2, 0) is 6.54 Å². The molecular formula is C21H16BrF4N3O3S. The summed E-state index contributed by atoms with van der Waals surface area (Å²) in [6.07, 6.45) is 1.65. The van der Waals surface area contributed by atoms with Gasteiger partial charge in [-0.3, -0.25) is 9.36 Å². The lowest BCUT2D eigenvalue weighted by Gasteiger charge is -2.12. The van der Waals surface area contributed by atoms with Gasteiger partial charge in [-0.05, 0) is 24.3 Å². The Bertz CT molecular complexity index is 1130. The number of carbonyl (C=O) groups is 1. The Morgan fingerprint density at radius 2 is 1.79 bits per heavy atom. The van der Waals surface area contributed by atoms with Crippen molar-refractivity contribution in [2.24, 2.45) is 0 Å². The minimum atomic E-state index is -3.25. The molecule has 3 rings (SSSR count). The van der Waals surface area contributed by atoms with Gasteiger partial charge >= 0.3 is 13.2 Å². The van der Waals surface area contributed by atoms with Gasteiger partial charge in [0.1, 0.15) is 11.5 Å². The van der Waals surface area contributed by atoms with Crippen molar-refractivity contribution in [3.8, 4) is 22.9 Å². The number of aromatic nitrogens is 3. The van der Waals surface area contributed by atoms with Crippen LogP contribution in [0, 0.1) is 0 Å². The lowest BCUT2D eigenvalue weighted by molar-refractivity contribution is -0.0544. The second kappa shape index (κ2) is 11.3. The van der Waals surface area contributed by atoms with Crippen molar-refractivity contribution in [3.63, 3.8) is 0 Å². The van der Waals surface area contributed by atoms with Crippen molar-refractivity contribution >= 4 is 33.5 Å². The summed E-state index contributed by atoms with van der Waals surface area (Å²) in [6.45, 7) is -2.32. The van der Waals surface area contributed by atoms with Gasteiger partial charge in [0, 0.05) is 22.6 Å². The molecule has 0 aliphatic heterocycles. The maximum absolute atomic E-state index is 12.8. The quantitative estimate of drug-likeness (QED) is 0.126. The highest BCUT2D eigenvalue weighted by molar-refractivity contribution is 9.10. The van der Waals surface area contributed by atoms with Crippen LogP contribution in [0.5, 0.6) is 11.5 Å². The largest absolute Gasteiger partial charge is 0.435 e. The fourth-order valence-electron chi connectivity index (χ4n) is 2.81. The molecule has 0 amide bonds. The van der Waals surface area contributed by atoms with Gasteiger partial charge < -0.3 is 9.47 Å². The van der Waals surface area contributed by atoms with E-state index in [0.717, 1.165) is 40.0 Å². The van der Waals surface area contributed by atoms with E-state index < -0.39 is 30.5 Å². The van der Waals surface area contributed by atoms with Crippen LogP contribution in [0.2, 0.25) is 0 Å². The number of halogens is 5. The highest BCUT2D eigenvalue weighted by atomic mass is 79.9. The molecule has 0 bridgehead atoms. The van der Waals surface area contributed by atoms with E-state index >= 15 is 0 Å². The molecule has 1 aromatic heterocycles. The Hall–Kier alpha value is -2.86. The molecule has 0 saturated carbocycles. The van der Waals surface area contributed by atoms with Gasteiger partial charge in [0.15, 0.2) is 16.8 Å². The molecule has 0 aliphatic rings. The van der Waals surface area contributed by atoms with Crippen LogP contribution in [0.15, 0.2) is 64.7 Å². The van der Waals surface area contributed by atoms with E-state index in [1.165, 1.54) is 0 Å². The Morgan fingerprint density at radius 1 is 1.09 bits per heavy atom. The minimum Gasteiger partial charge on any atom is -0.435 e. The topological polar surface area (TPSA) is 66.2 Å². The van der Waals surface area contributed by atoms with Crippen LogP contribution in [0.1, 0.15) is 10.4 Å². The van der Waals surface area contributed by atoms with Crippen LogP contribution in [0.25, 0.3) is 11.4 Å². The molecule has 174 valence electrons. The third kappa shape index (κ3) is 6.57. The van der Waals surface area contributed by atoms with Crippen LogP contribution >= 0.6 is 27.7 Å². The Kier molecular flexibility index (Phi) is 8.50. The molecule has 0 saturated heterocycles. The highest BCUT2D eigenvalue weighted by Gasteiger charge is 2.20. The number of thioether (sulfide) groups is 1. The molecule has 0 radical (unpaired) electrons. The summed E-state index contributed by atoms with van der Waals surface area (Å²) in [5.74, 6) is -1.17. The fraction of sp³-hybridized carbons (Fsp3) is 0.190. The summed E-state index contributed by atoms with van der Waals surface area (Å²) in [7, 11) is 0. The van der Waals surface area contributed by atoms with E-state index in [4.69, 9.17) is 0 Å². The highest BCUT2D eigenvalue weighted by Crippen LogP contribution is 2.30. The number of Topliss-reactive ketones (excluding diaryl/α,β-unsaturated/α-hetero) is 1. The van der Waals surface area contributed by atoms with E-state index in [1.54, 1.807) is 10.6 Å². The predicted molar refractivity (Wildman–Crippen MR) is 118 cm³/mol. The molecule has 12 heteroatoms. The molecule has 2 aromatic carbocycles. The van der Waals surface area contributed by atoms with Crippen LogP contribution < -0.4 is 9.47 Å². The van der Waals surface area contributed by atoms with Gasteiger partial charge in [0.25, 0.3) is 0 Å². The van der Waals surface area contributed by atoms with Gasteiger partial charge in [0.05, 0.1) is 11.3 Å². The zero-order valence-corrected chi connectivity index (χ0v) is 19.2. The number of carbonyl (C=O) groups excluding carboxylic acids is 1. The van der Waals surface area contributed by atoms with Crippen molar-refractivity contribution in [3.05, 3.63) is 65.2 Å². The minimum absolute atomic E-state index is 0.190. The van der Waals surface area contributed by atoms with Crippen LogP contribution in [0.4, 0.5) is 17.6 Å². The molecular weight excluding hydrogens is 530 g/mol. The SMILES string of the molecule is C=CCn1c(SCC(=O)c2ccc(OC(F)F)cc2OC(F)F)nnc1-c1ccc(Br)cc1. The Labute approximate surface area is 198 Å². The average Bonchev–Trinajstić information content (AvgIpc) is 3.15. The summed E-state index contributed by atoms with van der Waals surface area (Å²) in [4.78, 5) is 12.7. The smallest absolute Gasteiger partial charge is 0.387 e. The summed E-state index contributed by atoms with van der Waals surface area (Å²) in [5, 5.41) is 8.73. The summed E-state index contributed by atoms with van der Waals surface area (Å²) < 4.78 is 61.6. The fourth-order valence-corrected chi connectivity index (χ4v) is 3.91. The zero-order chi connectivity index (χ0) is 24.0. The molecule has 0 atom stereocenters. The molecule has 6 nitrogen and oxygen atoms in total. The molecule has 0 aliphatic carbocycles. The first-order chi connectivity index (χ1) is 15.8. The normalized spacial score (nSPS) is 11.1. The van der Waals surface area contributed by atoms with Crippen molar-refractivity contribution in [1.29, 1.82) is 0 Å². The monoisotopic (exact) mass is 545 g/mol. The van der Waals surface area contributed by atoms with Gasteiger partial charge in [-0.1, -0.05) is 45.9 Å². The molecule has 1 heterocycles. The lowest BCUT2D eigenvalue weighted by Crippen LogP contribution is -2.11. The number of alkyl halides is 4. The van der Waals surface area contributed by atoms with E-state index in [0.29, 0.717) is 17.5 Å². The first-order valence-corrected chi connectivity index (χ1v) is 11.1. The van der Waals surface area contributed by atoms with Crippen molar-refractivity contribution in [1.82, 2.24) is 14.8 Å². The molecule has 3 aromatic rings. The number of rotatable bonds is 11. The zero-order valence-electron chi connectivity index (χ0n) is 16.8. The number of allylic oxidation sites excluding steroid dienone is 1. The van der Waals surface area contributed by atoms with Crippen molar-refractivity contribution < 1.29 is 31.8 Å². The van der Waals surface area contributed by atoms with Crippen molar-refractivity contribution in [2.45, 2.75) is 24.9 Å². The maximum atomic E-state index is 12.8. The molecule has 33 heavy (non-hydrogen) atoms. The molecule has 0 fully saturated rings. The third-order valence-corrected chi connectivity index (χ3v) is 5.65. The summed E-state index contributed by atoms with van der Waals surface area (Å²) in [6, 6.07) is 10.4. The first-order valence-electron chi connectivity index (χ1n) is 9.28. The van der Waals surface area contributed by atoms with Crippen LogP contribution in [-0.4, -0.2) is 39.5 Å². The number of ether oxygens (including phenoxy) is 2. The maximum Gasteiger partial charge on any atom is 0.387 e. The van der Waals surface area contributed by atoms with Crippen molar-refractivity contribution in [2.75, 3.05) is 5.75 Å². The van der Waals surface area contributed by atoms with Gasteiger partial charge in [-0.2, -0.15) is 17.6 Å². The van der Waals surface area contributed by atoms with Gasteiger partial charge in [0.2, 0.25) is 0 Å². The third-order valence-electron chi connectivity index (χ3n) is 4.16. The number of nitrogens with zero attached hydrogens (tertiary/aromatic N) is 3. The molecule has 0 N–H and O–H groups in total. The standard InChI is InChI=1S/C21H16BrF4N3O3S/c1-2-9-29-18(12-3-5-13(22)6-4-12)27-28-21(29)33-11-16(30)15-8-7-14(31-19(23)24)10-17(15)32-20(25)26/h2-8,10,19-20H,1,9,11H2. The second-order valence-electron chi connectivity index (χ2n) is 6.34. The van der Waals surface area contributed by atoms with E-state index in [-0.39, 0.29) is 11.3 Å².